The second-order valence-electron chi connectivity index (χ2n) is 17.6. The molecular formula is C65H44N2. The molecule has 0 atom stereocenters. The molecule has 0 fully saturated rings. The Morgan fingerprint density at radius 2 is 0.746 bits per heavy atom. The first kappa shape index (κ1) is 38.7. The number of nitrogens with zero attached hydrogens (tertiary/aromatic N) is 2. The third-order valence-corrected chi connectivity index (χ3v) is 14.1. The molecule has 0 saturated carbocycles. The van der Waals surface area contributed by atoms with Gasteiger partial charge in [0, 0.05) is 38.9 Å². The van der Waals surface area contributed by atoms with Crippen molar-refractivity contribution in [3.8, 4) is 39.1 Å². The topological polar surface area (TPSA) is 8.17 Å². The number of hydrogen-bond donors (Lipinski definition) is 0. The summed E-state index contributed by atoms with van der Waals surface area (Å²) in [6.07, 6.45) is 0. The van der Waals surface area contributed by atoms with E-state index < -0.39 is 5.41 Å². The summed E-state index contributed by atoms with van der Waals surface area (Å²) in [5.41, 5.74) is 18.9. The minimum Gasteiger partial charge on any atom is -0.311 e. The molecular weight excluding hydrogens is 809 g/mol. The first-order valence-electron chi connectivity index (χ1n) is 23.2. The predicted molar refractivity (Wildman–Crippen MR) is 281 cm³/mol. The predicted octanol–water partition coefficient (Wildman–Crippen LogP) is 17.1. The fourth-order valence-electron chi connectivity index (χ4n) is 11.1. The summed E-state index contributed by atoms with van der Waals surface area (Å²) in [7, 11) is 0. The first-order valence-corrected chi connectivity index (χ1v) is 23.2. The zero-order valence-corrected chi connectivity index (χ0v) is 36.8. The SMILES string of the molecule is c1ccc(-c2ccc(N(c3ccc(-c4ccc(-n5c6ccccc6c6ccc7ccccc7c65)cc4)cc3)c3ccc(C4(c5ccccc5)c5ccccc5-c5ccccc54)cc3)cc2)cc1. The highest BCUT2D eigenvalue weighted by atomic mass is 15.1. The van der Waals surface area contributed by atoms with Crippen LogP contribution in [0.4, 0.5) is 17.1 Å². The molecule has 11 aromatic carbocycles. The van der Waals surface area contributed by atoms with Gasteiger partial charge in [-0.3, -0.25) is 0 Å². The van der Waals surface area contributed by atoms with E-state index in [1.807, 2.05) is 0 Å². The van der Waals surface area contributed by atoms with Crippen LogP contribution in [0.2, 0.25) is 0 Å². The van der Waals surface area contributed by atoms with Crippen molar-refractivity contribution >= 4 is 49.6 Å². The third kappa shape index (κ3) is 6.18. The van der Waals surface area contributed by atoms with Crippen molar-refractivity contribution < 1.29 is 0 Å². The van der Waals surface area contributed by atoms with E-state index in [1.165, 1.54) is 88.2 Å². The van der Waals surface area contributed by atoms with Gasteiger partial charge in [-0.05, 0) is 116 Å². The molecule has 1 aromatic heterocycles. The second kappa shape index (κ2) is 15.8. The summed E-state index contributed by atoms with van der Waals surface area (Å²) in [5, 5.41) is 5.04. The second-order valence-corrected chi connectivity index (χ2v) is 17.6. The average molecular weight is 853 g/mol. The molecule has 0 spiro atoms. The molecule has 2 nitrogen and oxygen atoms in total. The number of aromatic nitrogens is 1. The third-order valence-electron chi connectivity index (χ3n) is 14.1. The molecule has 0 unspecified atom stereocenters. The smallest absolute Gasteiger partial charge is 0.0713 e. The highest BCUT2D eigenvalue weighted by molar-refractivity contribution is 6.18. The van der Waals surface area contributed by atoms with Gasteiger partial charge < -0.3 is 9.47 Å². The van der Waals surface area contributed by atoms with Crippen molar-refractivity contribution in [1.29, 1.82) is 0 Å². The Balaban J connectivity index is 0.895. The molecule has 1 heterocycles. The van der Waals surface area contributed by atoms with Gasteiger partial charge in [0.1, 0.15) is 0 Å². The van der Waals surface area contributed by atoms with Crippen LogP contribution in [0.5, 0.6) is 0 Å². The van der Waals surface area contributed by atoms with Crippen molar-refractivity contribution in [2.24, 2.45) is 0 Å². The van der Waals surface area contributed by atoms with Crippen LogP contribution in [0.1, 0.15) is 22.3 Å². The Hall–Kier alpha value is -8.72. The van der Waals surface area contributed by atoms with Gasteiger partial charge in [-0.1, -0.05) is 212 Å². The van der Waals surface area contributed by atoms with Crippen LogP contribution < -0.4 is 4.90 Å². The van der Waals surface area contributed by atoms with Crippen molar-refractivity contribution in [2.75, 3.05) is 4.90 Å². The minimum absolute atomic E-state index is 0.457. The molecule has 1 aliphatic carbocycles. The number of para-hydroxylation sites is 1. The van der Waals surface area contributed by atoms with Gasteiger partial charge in [0.15, 0.2) is 0 Å². The number of anilines is 3. The molecule has 0 N–H and O–H groups in total. The highest BCUT2D eigenvalue weighted by Gasteiger charge is 2.45. The summed E-state index contributed by atoms with van der Waals surface area (Å²) in [4.78, 5) is 2.38. The van der Waals surface area contributed by atoms with Crippen LogP contribution in [0.25, 0.3) is 71.6 Å². The zero-order chi connectivity index (χ0) is 44.3. The average Bonchev–Trinajstić information content (AvgIpc) is 3.91. The maximum atomic E-state index is 2.43. The molecule has 0 saturated heterocycles. The highest BCUT2D eigenvalue weighted by Crippen LogP contribution is 2.56. The molecule has 0 aliphatic heterocycles. The first-order chi connectivity index (χ1) is 33.2. The van der Waals surface area contributed by atoms with Gasteiger partial charge in [-0.2, -0.15) is 0 Å². The van der Waals surface area contributed by atoms with E-state index >= 15 is 0 Å². The molecule has 2 heteroatoms. The number of fused-ring (bicyclic) bond motifs is 8. The number of rotatable bonds is 8. The van der Waals surface area contributed by atoms with E-state index in [1.54, 1.807) is 0 Å². The van der Waals surface area contributed by atoms with Crippen LogP contribution >= 0.6 is 0 Å². The van der Waals surface area contributed by atoms with Gasteiger partial charge in [-0.15, -0.1) is 0 Å². The molecule has 0 bridgehead atoms. The van der Waals surface area contributed by atoms with Crippen LogP contribution in [-0.2, 0) is 5.41 Å². The lowest BCUT2D eigenvalue weighted by molar-refractivity contribution is 0.768. The summed E-state index contributed by atoms with van der Waals surface area (Å²) in [6, 6.07) is 97.9. The Morgan fingerprint density at radius 3 is 1.36 bits per heavy atom. The molecule has 13 rings (SSSR count). The van der Waals surface area contributed by atoms with Crippen LogP contribution in [0.15, 0.2) is 267 Å². The Bertz CT molecular complexity index is 3710. The molecule has 12 aromatic rings. The van der Waals surface area contributed by atoms with E-state index in [0.717, 1.165) is 22.7 Å². The quantitative estimate of drug-likeness (QED) is 0.148. The lowest BCUT2D eigenvalue weighted by atomic mass is 9.68. The molecule has 314 valence electrons. The summed E-state index contributed by atoms with van der Waals surface area (Å²) >= 11 is 0. The van der Waals surface area contributed by atoms with Gasteiger partial charge in [-0.25, -0.2) is 0 Å². The molecule has 1 aliphatic rings. The van der Waals surface area contributed by atoms with E-state index in [0.29, 0.717) is 0 Å². The van der Waals surface area contributed by atoms with Crippen molar-refractivity contribution in [2.45, 2.75) is 5.41 Å². The van der Waals surface area contributed by atoms with E-state index in [9.17, 15) is 0 Å². The molecule has 0 amide bonds. The van der Waals surface area contributed by atoms with Crippen molar-refractivity contribution in [3.05, 3.63) is 289 Å². The normalized spacial score (nSPS) is 12.6. The zero-order valence-electron chi connectivity index (χ0n) is 36.8. The van der Waals surface area contributed by atoms with Crippen LogP contribution in [0, 0.1) is 0 Å². The van der Waals surface area contributed by atoms with Crippen molar-refractivity contribution in [3.63, 3.8) is 0 Å². The number of benzene rings is 11. The fraction of sp³-hybridized carbons (Fsp3) is 0.0154. The van der Waals surface area contributed by atoms with Gasteiger partial charge >= 0.3 is 0 Å². The van der Waals surface area contributed by atoms with Crippen molar-refractivity contribution in [1.82, 2.24) is 4.57 Å². The number of hydrogen-bond acceptors (Lipinski definition) is 1. The molecule has 67 heavy (non-hydrogen) atoms. The Morgan fingerprint density at radius 1 is 0.299 bits per heavy atom. The lowest BCUT2D eigenvalue weighted by Crippen LogP contribution is -2.28. The van der Waals surface area contributed by atoms with Gasteiger partial charge in [0.25, 0.3) is 0 Å². The van der Waals surface area contributed by atoms with Gasteiger partial charge in [0.2, 0.25) is 0 Å². The maximum Gasteiger partial charge on any atom is 0.0713 e. The maximum absolute atomic E-state index is 2.43. The summed E-state index contributed by atoms with van der Waals surface area (Å²) in [6.45, 7) is 0. The Labute approximate surface area is 390 Å². The summed E-state index contributed by atoms with van der Waals surface area (Å²) < 4.78 is 2.43. The Kier molecular flexibility index (Phi) is 9.11. The van der Waals surface area contributed by atoms with Gasteiger partial charge in [0.05, 0.1) is 16.4 Å². The fourth-order valence-corrected chi connectivity index (χ4v) is 11.1. The summed E-state index contributed by atoms with van der Waals surface area (Å²) in [5.74, 6) is 0. The van der Waals surface area contributed by atoms with E-state index in [2.05, 4.69) is 276 Å². The van der Waals surface area contributed by atoms with E-state index in [4.69, 9.17) is 0 Å². The largest absolute Gasteiger partial charge is 0.311 e. The molecule has 0 radical (unpaired) electrons. The standard InChI is InChI=1S/C65H44N2/c1-3-15-45(16-4-1)46-27-36-52(37-28-46)66(54-42-34-51(35-43-54)65(50-18-5-2-6-19-50)61-24-12-9-21-57(61)58-22-10-13-25-62(58)65)53-38-29-47(30-39-53)48-31-40-55(41-32-48)67-63-26-14-11-23-59(63)60-44-33-49-17-7-8-20-56(49)64(60)67/h1-44H. The van der Waals surface area contributed by atoms with E-state index in [-0.39, 0.29) is 0 Å². The minimum atomic E-state index is -0.457. The lowest BCUT2D eigenvalue weighted by Gasteiger charge is -2.34. The monoisotopic (exact) mass is 852 g/mol. The van der Waals surface area contributed by atoms with Crippen LogP contribution in [0.3, 0.4) is 0 Å². The van der Waals surface area contributed by atoms with Crippen LogP contribution in [-0.4, -0.2) is 4.57 Å².